The van der Waals surface area contributed by atoms with Crippen molar-refractivity contribution >= 4 is 52.0 Å². The lowest BCUT2D eigenvalue weighted by atomic mass is 10.1. The Morgan fingerprint density at radius 1 is 0.976 bits per heavy atom. The van der Waals surface area contributed by atoms with Crippen molar-refractivity contribution in [3.05, 3.63) is 102 Å². The van der Waals surface area contributed by atoms with E-state index >= 15 is 0 Å². The first-order valence-electron chi connectivity index (χ1n) is 13.4. The summed E-state index contributed by atoms with van der Waals surface area (Å²) < 4.78 is 27.6. The van der Waals surface area contributed by atoms with Crippen LogP contribution in [0.2, 0.25) is 0 Å². The number of benzene rings is 2. The highest BCUT2D eigenvalue weighted by Gasteiger charge is 2.38. The van der Waals surface area contributed by atoms with Crippen LogP contribution in [0.3, 0.4) is 0 Å². The molecule has 0 saturated carbocycles. The molecule has 1 saturated heterocycles. The van der Waals surface area contributed by atoms with Gasteiger partial charge < -0.3 is 20.9 Å². The number of fused-ring (bicyclic) bond motifs is 1. The summed E-state index contributed by atoms with van der Waals surface area (Å²) in [5.41, 5.74) is 5.96. The van der Waals surface area contributed by atoms with Crippen molar-refractivity contribution in [2.45, 2.75) is 26.2 Å². The molecule has 3 heterocycles. The summed E-state index contributed by atoms with van der Waals surface area (Å²) in [5, 5.41) is 10.2. The molecule has 1 fully saturated rings. The maximum absolute atomic E-state index is 13.8. The Hall–Kier alpha value is -5.12. The standard InChI is InChI=1S/C32H31F2N7O/c1-21(31(42)39-24-7-5-23(6-8-24)38-25-12-15-36-22(2)18-25)4-11-30(35-3)40-29-13-16-37-28-10-9-26(19-27(28)29)41-17-14-32(33,34)20-41/h4-13,15-16,18-19H,3,14,17,20H2,1-2H3,(H,36,38)(H,37,40)(H,39,42)/b21-4+,30-11+. The number of nitrogens with one attached hydrogen (secondary N) is 3. The zero-order valence-electron chi connectivity index (χ0n) is 23.4. The fourth-order valence-corrected chi connectivity index (χ4v) is 4.60. The van der Waals surface area contributed by atoms with Crippen molar-refractivity contribution in [1.82, 2.24) is 9.97 Å². The van der Waals surface area contributed by atoms with Gasteiger partial charge in [-0.1, -0.05) is 6.08 Å². The van der Waals surface area contributed by atoms with Crippen molar-refractivity contribution in [2.24, 2.45) is 4.99 Å². The summed E-state index contributed by atoms with van der Waals surface area (Å²) in [6, 6.07) is 18.5. The van der Waals surface area contributed by atoms with E-state index < -0.39 is 5.92 Å². The van der Waals surface area contributed by atoms with Crippen LogP contribution in [0.1, 0.15) is 19.0 Å². The van der Waals surface area contributed by atoms with Crippen molar-refractivity contribution in [2.75, 3.05) is 33.9 Å². The van der Waals surface area contributed by atoms with Crippen LogP contribution in [0.4, 0.5) is 37.2 Å². The summed E-state index contributed by atoms with van der Waals surface area (Å²) in [4.78, 5) is 27.1. The molecule has 214 valence electrons. The number of hydrogen-bond acceptors (Lipinski definition) is 7. The van der Waals surface area contributed by atoms with Crippen molar-refractivity contribution < 1.29 is 13.6 Å². The first-order valence-corrected chi connectivity index (χ1v) is 13.4. The van der Waals surface area contributed by atoms with Crippen LogP contribution in [0.5, 0.6) is 0 Å². The molecule has 0 bridgehead atoms. The summed E-state index contributed by atoms with van der Waals surface area (Å²) in [7, 11) is 0. The number of aryl methyl sites for hydroxylation is 1. The maximum atomic E-state index is 13.8. The Bertz CT molecular complexity index is 1680. The van der Waals surface area contributed by atoms with Gasteiger partial charge in [-0.25, -0.2) is 13.8 Å². The minimum absolute atomic E-state index is 0.162. The SMILES string of the molecule is C=N/C(=C\C=C(/C)C(=O)Nc1ccc(Nc2ccnc(C)c2)cc1)Nc1ccnc2ccc(N3CCC(F)(F)C3)cc12. The highest BCUT2D eigenvalue weighted by Crippen LogP contribution is 2.34. The topological polar surface area (TPSA) is 94.5 Å². The lowest BCUT2D eigenvalue weighted by molar-refractivity contribution is -0.112. The average Bonchev–Trinajstić information content (AvgIpc) is 3.35. The molecule has 0 aliphatic carbocycles. The number of halogens is 2. The van der Waals surface area contributed by atoms with Gasteiger partial charge in [0.25, 0.3) is 11.8 Å². The van der Waals surface area contributed by atoms with Gasteiger partial charge in [0, 0.05) is 64.8 Å². The Morgan fingerprint density at radius 3 is 2.45 bits per heavy atom. The first kappa shape index (κ1) is 28.4. The van der Waals surface area contributed by atoms with Gasteiger partial charge in [-0.3, -0.25) is 14.8 Å². The molecule has 1 amide bonds. The van der Waals surface area contributed by atoms with Gasteiger partial charge in [-0.05, 0) is 87.3 Å². The quantitative estimate of drug-likeness (QED) is 0.114. The van der Waals surface area contributed by atoms with Crippen molar-refractivity contribution in [1.29, 1.82) is 0 Å². The number of rotatable bonds is 9. The second-order valence-electron chi connectivity index (χ2n) is 10.1. The fourth-order valence-electron chi connectivity index (χ4n) is 4.60. The van der Waals surface area contributed by atoms with Crippen LogP contribution < -0.4 is 20.9 Å². The molecule has 0 unspecified atom stereocenters. The number of aromatic nitrogens is 2. The molecule has 8 nitrogen and oxygen atoms in total. The van der Waals surface area contributed by atoms with Crippen LogP contribution in [0.25, 0.3) is 10.9 Å². The number of allylic oxidation sites excluding steroid dienone is 2. The summed E-state index contributed by atoms with van der Waals surface area (Å²) in [6.45, 7) is 7.26. The highest BCUT2D eigenvalue weighted by atomic mass is 19.3. The molecule has 2 aromatic heterocycles. The van der Waals surface area contributed by atoms with Gasteiger partial charge in [-0.15, -0.1) is 0 Å². The Labute approximate surface area is 242 Å². The van der Waals surface area contributed by atoms with E-state index in [4.69, 9.17) is 0 Å². The predicted octanol–water partition coefficient (Wildman–Crippen LogP) is 7.07. The van der Waals surface area contributed by atoms with Gasteiger partial charge in [0.15, 0.2) is 0 Å². The number of carbonyl (C=O) groups excluding carboxylic acids is 1. The van der Waals surface area contributed by atoms with Crippen molar-refractivity contribution in [3.8, 4) is 0 Å². The molecule has 10 heteroatoms. The van der Waals surface area contributed by atoms with E-state index in [1.54, 1.807) is 48.5 Å². The van der Waals surface area contributed by atoms with E-state index in [1.165, 1.54) is 0 Å². The summed E-state index contributed by atoms with van der Waals surface area (Å²) in [6.07, 6.45) is 6.54. The Kier molecular flexibility index (Phi) is 8.24. The van der Waals surface area contributed by atoms with Gasteiger partial charge >= 0.3 is 0 Å². The number of amides is 1. The third-order valence-electron chi connectivity index (χ3n) is 6.87. The second-order valence-corrected chi connectivity index (χ2v) is 10.1. The lowest BCUT2D eigenvalue weighted by Gasteiger charge is -2.19. The second kappa shape index (κ2) is 12.2. The molecular weight excluding hydrogens is 536 g/mol. The smallest absolute Gasteiger partial charge is 0.266 e. The Morgan fingerprint density at radius 2 is 1.74 bits per heavy atom. The molecule has 42 heavy (non-hydrogen) atoms. The molecular formula is C32H31F2N7O. The third-order valence-corrected chi connectivity index (χ3v) is 6.87. The van der Waals surface area contributed by atoms with E-state index in [2.05, 4.69) is 37.6 Å². The number of pyridine rings is 2. The Balaban J connectivity index is 1.25. The van der Waals surface area contributed by atoms with Crippen LogP contribution in [-0.2, 0) is 4.79 Å². The van der Waals surface area contributed by atoms with E-state index in [9.17, 15) is 13.6 Å². The highest BCUT2D eigenvalue weighted by molar-refractivity contribution is 6.03. The monoisotopic (exact) mass is 567 g/mol. The van der Waals surface area contributed by atoms with Crippen LogP contribution in [0, 0.1) is 6.92 Å². The molecule has 5 rings (SSSR count). The summed E-state index contributed by atoms with van der Waals surface area (Å²) in [5.74, 6) is -2.54. The number of anilines is 5. The molecule has 4 aromatic rings. The fraction of sp³-hybridized carbons (Fsp3) is 0.188. The van der Waals surface area contributed by atoms with E-state index in [0.717, 1.165) is 22.5 Å². The van der Waals surface area contributed by atoms with Gasteiger partial charge in [-0.2, -0.15) is 0 Å². The maximum Gasteiger partial charge on any atom is 0.266 e. The van der Waals surface area contributed by atoms with E-state index in [1.807, 2.05) is 55.5 Å². The zero-order chi connectivity index (χ0) is 29.7. The minimum atomic E-state index is -2.69. The predicted molar refractivity (Wildman–Crippen MR) is 166 cm³/mol. The largest absolute Gasteiger partial charge is 0.365 e. The summed E-state index contributed by atoms with van der Waals surface area (Å²) >= 11 is 0. The number of alkyl halides is 2. The van der Waals surface area contributed by atoms with Crippen LogP contribution in [-0.4, -0.2) is 41.6 Å². The van der Waals surface area contributed by atoms with Gasteiger partial charge in [0.1, 0.15) is 5.82 Å². The third kappa shape index (κ3) is 6.95. The number of carbonyl (C=O) groups is 1. The van der Waals surface area contributed by atoms with Gasteiger partial charge in [0.05, 0.1) is 17.7 Å². The lowest BCUT2D eigenvalue weighted by Crippen LogP contribution is -2.24. The molecule has 0 radical (unpaired) electrons. The first-order chi connectivity index (χ1) is 20.2. The van der Waals surface area contributed by atoms with E-state index in [-0.39, 0.29) is 18.9 Å². The minimum Gasteiger partial charge on any atom is -0.365 e. The average molecular weight is 568 g/mol. The molecule has 2 aromatic carbocycles. The van der Waals surface area contributed by atoms with Crippen LogP contribution >= 0.6 is 0 Å². The molecule has 1 aliphatic rings. The molecule has 0 spiro atoms. The van der Waals surface area contributed by atoms with Gasteiger partial charge in [0.2, 0.25) is 0 Å². The number of nitrogens with zero attached hydrogens (tertiary/aromatic N) is 4. The van der Waals surface area contributed by atoms with E-state index in [0.29, 0.717) is 40.5 Å². The zero-order valence-corrected chi connectivity index (χ0v) is 23.4. The number of aliphatic imine (C=N–C) groups is 1. The number of hydrogen-bond donors (Lipinski definition) is 3. The molecule has 0 atom stereocenters. The normalized spacial score (nSPS) is 15.0. The molecule has 3 N–H and O–H groups in total. The van der Waals surface area contributed by atoms with Crippen molar-refractivity contribution in [3.63, 3.8) is 0 Å². The molecule has 1 aliphatic heterocycles. The van der Waals surface area contributed by atoms with Crippen LogP contribution in [0.15, 0.2) is 102 Å².